The van der Waals surface area contributed by atoms with E-state index in [9.17, 15) is 13.5 Å². The molecule has 0 saturated heterocycles. The largest absolute Gasteiger partial charge is 0.465 e. The zero-order valence-corrected chi connectivity index (χ0v) is 13.3. The summed E-state index contributed by atoms with van der Waals surface area (Å²) in [6, 6.07) is 0. The van der Waals surface area contributed by atoms with Crippen LogP contribution in [0.25, 0.3) is 0 Å². The van der Waals surface area contributed by atoms with E-state index in [-0.39, 0.29) is 11.5 Å². The number of aryl methyl sites for hydroxylation is 2. The highest BCUT2D eigenvalue weighted by Crippen LogP contribution is 2.26. The van der Waals surface area contributed by atoms with Gasteiger partial charge in [-0.05, 0) is 26.5 Å². The lowest BCUT2D eigenvalue weighted by atomic mass is 10.2. The van der Waals surface area contributed by atoms with Crippen LogP contribution in [-0.4, -0.2) is 31.6 Å². The molecule has 1 aromatic heterocycles. The van der Waals surface area contributed by atoms with Crippen LogP contribution in [0.15, 0.2) is 9.31 Å². The molecule has 110 valence electrons. The van der Waals surface area contributed by atoms with E-state index in [1.54, 1.807) is 25.6 Å². The van der Waals surface area contributed by atoms with Gasteiger partial charge in [0.1, 0.15) is 16.4 Å². The number of sulfonamides is 1. The standard InChI is InChI=1S/C12H21NO4S2/c1-8(18-4)5-6-13-19(15,16)12-10(3)17-9(2)11(12)7-14/h8,13-14H,5-7H2,1-4H3. The first kappa shape index (κ1) is 16.6. The lowest BCUT2D eigenvalue weighted by molar-refractivity contribution is 0.276. The van der Waals surface area contributed by atoms with Gasteiger partial charge in [0.25, 0.3) is 0 Å². The molecule has 0 aliphatic carbocycles. The molecule has 5 nitrogen and oxygen atoms in total. The topological polar surface area (TPSA) is 79.5 Å². The van der Waals surface area contributed by atoms with Crippen molar-refractivity contribution in [2.75, 3.05) is 12.8 Å². The van der Waals surface area contributed by atoms with Crippen LogP contribution in [0.3, 0.4) is 0 Å². The summed E-state index contributed by atoms with van der Waals surface area (Å²) in [4.78, 5) is 0.0734. The Morgan fingerprint density at radius 1 is 1.37 bits per heavy atom. The molecule has 0 aromatic carbocycles. The Morgan fingerprint density at radius 2 is 2.00 bits per heavy atom. The highest BCUT2D eigenvalue weighted by Gasteiger charge is 2.26. The minimum absolute atomic E-state index is 0.0734. The summed E-state index contributed by atoms with van der Waals surface area (Å²) in [6.45, 7) is 5.31. The van der Waals surface area contributed by atoms with E-state index >= 15 is 0 Å². The van der Waals surface area contributed by atoms with E-state index in [2.05, 4.69) is 4.72 Å². The molecular formula is C12H21NO4S2. The average Bonchev–Trinajstić information content (AvgIpc) is 2.63. The number of rotatable bonds is 7. The van der Waals surface area contributed by atoms with Crippen LogP contribution in [0.2, 0.25) is 0 Å². The van der Waals surface area contributed by atoms with Crippen molar-refractivity contribution in [2.45, 2.75) is 43.9 Å². The van der Waals surface area contributed by atoms with Crippen molar-refractivity contribution in [2.24, 2.45) is 0 Å². The van der Waals surface area contributed by atoms with Crippen molar-refractivity contribution in [3.63, 3.8) is 0 Å². The summed E-state index contributed by atoms with van der Waals surface area (Å²) < 4.78 is 32.3. The molecule has 1 aromatic rings. The van der Waals surface area contributed by atoms with Crippen LogP contribution in [0.5, 0.6) is 0 Å². The summed E-state index contributed by atoms with van der Waals surface area (Å²) in [5.41, 5.74) is 0.336. The van der Waals surface area contributed by atoms with Gasteiger partial charge in [-0.15, -0.1) is 0 Å². The minimum atomic E-state index is -3.63. The van der Waals surface area contributed by atoms with Gasteiger partial charge in [0, 0.05) is 17.4 Å². The van der Waals surface area contributed by atoms with E-state index in [0.29, 0.717) is 28.9 Å². The van der Waals surface area contributed by atoms with Gasteiger partial charge in [0.15, 0.2) is 0 Å². The second-order valence-corrected chi connectivity index (χ2v) is 7.39. The van der Waals surface area contributed by atoms with Crippen molar-refractivity contribution in [1.29, 1.82) is 0 Å². The first-order valence-corrected chi connectivity index (χ1v) is 8.82. The van der Waals surface area contributed by atoms with Crippen LogP contribution < -0.4 is 4.72 Å². The lowest BCUT2D eigenvalue weighted by Gasteiger charge is -2.10. The zero-order chi connectivity index (χ0) is 14.6. The summed E-state index contributed by atoms with van der Waals surface area (Å²) in [5.74, 6) is 0.754. The third-order valence-corrected chi connectivity index (χ3v) is 5.69. The maximum absolute atomic E-state index is 12.2. The normalized spacial score (nSPS) is 13.7. The van der Waals surface area contributed by atoms with Crippen LogP contribution >= 0.6 is 11.8 Å². The third-order valence-electron chi connectivity index (χ3n) is 3.00. The van der Waals surface area contributed by atoms with Gasteiger partial charge in [-0.2, -0.15) is 11.8 Å². The molecule has 1 rings (SSSR count). The maximum atomic E-state index is 12.2. The van der Waals surface area contributed by atoms with Crippen molar-refractivity contribution in [1.82, 2.24) is 4.72 Å². The SMILES string of the molecule is CSC(C)CCNS(=O)(=O)c1c(C)oc(C)c1CO. The molecule has 2 N–H and O–H groups in total. The van der Waals surface area contributed by atoms with E-state index < -0.39 is 10.0 Å². The lowest BCUT2D eigenvalue weighted by Crippen LogP contribution is -2.27. The molecule has 7 heteroatoms. The molecular weight excluding hydrogens is 286 g/mol. The van der Waals surface area contributed by atoms with E-state index in [0.717, 1.165) is 6.42 Å². The average molecular weight is 307 g/mol. The Morgan fingerprint density at radius 3 is 2.53 bits per heavy atom. The predicted molar refractivity (Wildman–Crippen MR) is 76.9 cm³/mol. The number of hydrogen-bond donors (Lipinski definition) is 2. The molecule has 0 amide bonds. The molecule has 0 bridgehead atoms. The maximum Gasteiger partial charge on any atom is 0.244 e. The van der Waals surface area contributed by atoms with Gasteiger partial charge in [0.2, 0.25) is 10.0 Å². The molecule has 0 aliphatic heterocycles. The highest BCUT2D eigenvalue weighted by molar-refractivity contribution is 7.99. The van der Waals surface area contributed by atoms with Crippen LogP contribution in [0.1, 0.15) is 30.4 Å². The molecule has 0 aliphatic rings. The van der Waals surface area contributed by atoms with Gasteiger partial charge in [-0.3, -0.25) is 0 Å². The van der Waals surface area contributed by atoms with Gasteiger partial charge >= 0.3 is 0 Å². The second-order valence-electron chi connectivity index (χ2n) is 4.41. The van der Waals surface area contributed by atoms with Gasteiger partial charge in [-0.1, -0.05) is 6.92 Å². The molecule has 0 radical (unpaired) electrons. The van der Waals surface area contributed by atoms with Crippen molar-refractivity contribution >= 4 is 21.8 Å². The van der Waals surface area contributed by atoms with Crippen LogP contribution in [0.4, 0.5) is 0 Å². The number of aliphatic hydroxyl groups excluding tert-OH is 1. The fraction of sp³-hybridized carbons (Fsp3) is 0.667. The molecule has 0 spiro atoms. The number of aliphatic hydroxyl groups is 1. The first-order valence-electron chi connectivity index (χ1n) is 6.05. The second kappa shape index (κ2) is 6.78. The Kier molecular flexibility index (Phi) is 5.91. The zero-order valence-electron chi connectivity index (χ0n) is 11.7. The van der Waals surface area contributed by atoms with Crippen molar-refractivity contribution in [3.05, 3.63) is 17.1 Å². The summed E-state index contributed by atoms with van der Waals surface area (Å²) in [7, 11) is -3.63. The number of nitrogens with one attached hydrogen (secondary N) is 1. The van der Waals surface area contributed by atoms with Crippen LogP contribution in [-0.2, 0) is 16.6 Å². The smallest absolute Gasteiger partial charge is 0.244 e. The fourth-order valence-electron chi connectivity index (χ4n) is 1.83. The van der Waals surface area contributed by atoms with Crippen molar-refractivity contribution < 1.29 is 17.9 Å². The third kappa shape index (κ3) is 3.98. The summed E-state index contributed by atoms with van der Waals surface area (Å²) in [5, 5.41) is 9.67. The minimum Gasteiger partial charge on any atom is -0.465 e. The number of hydrogen-bond acceptors (Lipinski definition) is 5. The van der Waals surface area contributed by atoms with Gasteiger partial charge in [0.05, 0.1) is 6.61 Å². The number of thioether (sulfide) groups is 1. The Labute approximate surface area is 118 Å². The monoisotopic (exact) mass is 307 g/mol. The van der Waals surface area contributed by atoms with E-state index in [1.807, 2.05) is 13.2 Å². The Bertz CT molecular complexity index is 522. The number of furan rings is 1. The van der Waals surface area contributed by atoms with Gasteiger partial charge < -0.3 is 9.52 Å². The Balaban J connectivity index is 2.89. The molecule has 1 heterocycles. The van der Waals surface area contributed by atoms with Crippen molar-refractivity contribution in [3.8, 4) is 0 Å². The molecule has 0 saturated carbocycles. The molecule has 1 unspecified atom stereocenters. The highest BCUT2D eigenvalue weighted by atomic mass is 32.2. The summed E-state index contributed by atoms with van der Waals surface area (Å²) in [6.07, 6.45) is 2.75. The molecule has 0 fully saturated rings. The predicted octanol–water partition coefficient (Wildman–Crippen LogP) is 1.81. The van der Waals surface area contributed by atoms with E-state index in [4.69, 9.17) is 4.42 Å². The first-order chi connectivity index (χ1) is 8.83. The fourth-order valence-corrected chi connectivity index (χ4v) is 3.67. The van der Waals surface area contributed by atoms with Crippen LogP contribution in [0, 0.1) is 13.8 Å². The van der Waals surface area contributed by atoms with Gasteiger partial charge in [-0.25, -0.2) is 13.1 Å². The summed E-state index contributed by atoms with van der Waals surface area (Å²) >= 11 is 1.69. The quantitative estimate of drug-likeness (QED) is 0.803. The molecule has 1 atom stereocenters. The molecule has 19 heavy (non-hydrogen) atoms. The van der Waals surface area contributed by atoms with E-state index in [1.165, 1.54) is 0 Å². The Hall–Kier alpha value is -0.500.